The first-order chi connectivity index (χ1) is 7.21. The van der Waals surface area contributed by atoms with Crippen LogP contribution in [0.4, 0.5) is 0 Å². The molecule has 2 heterocycles. The van der Waals surface area contributed by atoms with E-state index in [-0.39, 0.29) is 17.5 Å². The van der Waals surface area contributed by atoms with Gasteiger partial charge in [0.05, 0.1) is 11.3 Å². The van der Waals surface area contributed by atoms with Crippen LogP contribution in [0.3, 0.4) is 0 Å². The average molecular weight is 231 g/mol. The summed E-state index contributed by atoms with van der Waals surface area (Å²) in [6.45, 7) is 0.720. The van der Waals surface area contributed by atoms with Crippen molar-refractivity contribution in [1.82, 2.24) is 4.31 Å². The topological polar surface area (TPSA) is 46.4 Å². The zero-order valence-corrected chi connectivity index (χ0v) is 9.58. The third-order valence-electron chi connectivity index (χ3n) is 3.77. The molecule has 0 bridgehead atoms. The minimum absolute atomic E-state index is 0.107. The second-order valence-corrected chi connectivity index (χ2v) is 6.87. The number of rotatable bonds is 2. The SMILES string of the molecule is O=S(=O)(C1CCCC1)N1[C@@H]2CCCO[C@H]21. The minimum atomic E-state index is -3.04. The molecule has 4 nitrogen and oxygen atoms in total. The molecule has 0 radical (unpaired) electrons. The Morgan fingerprint density at radius 1 is 1.07 bits per heavy atom. The van der Waals surface area contributed by atoms with E-state index in [1.807, 2.05) is 0 Å². The van der Waals surface area contributed by atoms with Crippen molar-refractivity contribution >= 4 is 10.0 Å². The molecule has 0 aromatic rings. The molecule has 5 heteroatoms. The Morgan fingerprint density at radius 2 is 1.80 bits per heavy atom. The molecule has 3 atom stereocenters. The first-order valence-electron chi connectivity index (χ1n) is 5.85. The van der Waals surface area contributed by atoms with E-state index in [1.165, 1.54) is 0 Å². The predicted octanol–water partition coefficient (Wildman–Crippen LogP) is 1.08. The molecule has 0 spiro atoms. The van der Waals surface area contributed by atoms with Gasteiger partial charge in [-0.1, -0.05) is 12.8 Å². The lowest BCUT2D eigenvalue weighted by atomic mass is 10.2. The highest BCUT2D eigenvalue weighted by Crippen LogP contribution is 2.43. The summed E-state index contributed by atoms with van der Waals surface area (Å²) < 4.78 is 31.5. The molecule has 3 aliphatic rings. The second kappa shape index (κ2) is 3.43. The Hall–Kier alpha value is -0.130. The van der Waals surface area contributed by atoms with Gasteiger partial charge in [-0.15, -0.1) is 0 Å². The second-order valence-electron chi connectivity index (χ2n) is 4.75. The number of hydrogen-bond acceptors (Lipinski definition) is 3. The first-order valence-corrected chi connectivity index (χ1v) is 7.35. The summed E-state index contributed by atoms with van der Waals surface area (Å²) in [5.74, 6) is 0. The van der Waals surface area contributed by atoms with E-state index >= 15 is 0 Å². The quantitative estimate of drug-likeness (QED) is 0.668. The Morgan fingerprint density at radius 3 is 2.40 bits per heavy atom. The number of fused-ring (bicyclic) bond motifs is 1. The molecule has 1 saturated carbocycles. The fraction of sp³-hybridized carbons (Fsp3) is 1.00. The van der Waals surface area contributed by atoms with E-state index in [4.69, 9.17) is 4.74 Å². The molecule has 0 amide bonds. The lowest BCUT2D eigenvalue weighted by Crippen LogP contribution is -2.27. The van der Waals surface area contributed by atoms with Crippen LogP contribution < -0.4 is 0 Å². The summed E-state index contributed by atoms with van der Waals surface area (Å²) >= 11 is 0. The zero-order chi connectivity index (χ0) is 10.5. The zero-order valence-electron chi connectivity index (χ0n) is 8.76. The highest BCUT2D eigenvalue weighted by atomic mass is 32.2. The highest BCUT2D eigenvalue weighted by molar-refractivity contribution is 7.90. The first kappa shape index (κ1) is 10.1. The number of nitrogens with zero attached hydrogens (tertiary/aromatic N) is 1. The molecule has 3 fully saturated rings. The van der Waals surface area contributed by atoms with Gasteiger partial charge in [-0.3, -0.25) is 0 Å². The largest absolute Gasteiger partial charge is 0.360 e. The summed E-state index contributed by atoms with van der Waals surface area (Å²) in [6.07, 6.45) is 5.69. The van der Waals surface area contributed by atoms with Gasteiger partial charge in [-0.25, -0.2) is 8.42 Å². The van der Waals surface area contributed by atoms with Crippen molar-refractivity contribution in [2.75, 3.05) is 6.61 Å². The van der Waals surface area contributed by atoms with Crippen LogP contribution in [0.15, 0.2) is 0 Å². The van der Waals surface area contributed by atoms with Crippen LogP contribution in [-0.4, -0.2) is 36.8 Å². The van der Waals surface area contributed by atoms with Gasteiger partial charge in [-0.05, 0) is 25.7 Å². The van der Waals surface area contributed by atoms with Crippen LogP contribution in [0.2, 0.25) is 0 Å². The maximum atomic E-state index is 12.2. The van der Waals surface area contributed by atoms with Crippen LogP contribution in [0.1, 0.15) is 38.5 Å². The molecule has 0 aromatic carbocycles. The van der Waals surface area contributed by atoms with Crippen molar-refractivity contribution in [2.24, 2.45) is 0 Å². The van der Waals surface area contributed by atoms with E-state index in [9.17, 15) is 8.42 Å². The molecule has 2 saturated heterocycles. The molecule has 1 unspecified atom stereocenters. The Balaban J connectivity index is 1.76. The van der Waals surface area contributed by atoms with Gasteiger partial charge in [0, 0.05) is 6.61 Å². The molecule has 2 aliphatic heterocycles. The minimum Gasteiger partial charge on any atom is -0.360 e. The van der Waals surface area contributed by atoms with Crippen molar-refractivity contribution in [3.8, 4) is 0 Å². The molecule has 3 rings (SSSR count). The highest BCUT2D eigenvalue weighted by Gasteiger charge is 2.58. The van der Waals surface area contributed by atoms with Gasteiger partial charge >= 0.3 is 0 Å². The van der Waals surface area contributed by atoms with E-state index in [0.29, 0.717) is 0 Å². The van der Waals surface area contributed by atoms with Crippen LogP contribution >= 0.6 is 0 Å². The van der Waals surface area contributed by atoms with Crippen molar-refractivity contribution in [3.63, 3.8) is 0 Å². The number of hydrogen-bond donors (Lipinski definition) is 0. The molecule has 86 valence electrons. The molecular weight excluding hydrogens is 214 g/mol. The molecule has 15 heavy (non-hydrogen) atoms. The Labute approximate surface area is 90.6 Å². The Kier molecular flexibility index (Phi) is 2.30. The van der Waals surface area contributed by atoms with E-state index < -0.39 is 10.0 Å². The molecule has 0 aromatic heterocycles. The maximum Gasteiger partial charge on any atom is 0.219 e. The van der Waals surface area contributed by atoms with Gasteiger partial charge in [-0.2, -0.15) is 4.31 Å². The smallest absolute Gasteiger partial charge is 0.219 e. The maximum absolute atomic E-state index is 12.2. The van der Waals surface area contributed by atoms with E-state index in [0.717, 1.165) is 45.1 Å². The van der Waals surface area contributed by atoms with Crippen LogP contribution in [0.25, 0.3) is 0 Å². The summed E-state index contributed by atoms with van der Waals surface area (Å²) in [5, 5.41) is -0.119. The van der Waals surface area contributed by atoms with Gasteiger partial charge < -0.3 is 4.74 Å². The normalized spacial score (nSPS) is 41.5. The summed E-state index contributed by atoms with van der Waals surface area (Å²) in [6, 6.07) is 0.171. The van der Waals surface area contributed by atoms with Crippen molar-refractivity contribution in [3.05, 3.63) is 0 Å². The van der Waals surface area contributed by atoms with Crippen LogP contribution in [0, 0.1) is 0 Å². The molecular formula is C10H17NO3S. The molecule has 0 N–H and O–H groups in total. The van der Waals surface area contributed by atoms with E-state index in [2.05, 4.69) is 0 Å². The summed E-state index contributed by atoms with van der Waals surface area (Å²) in [7, 11) is -3.04. The third-order valence-corrected chi connectivity index (χ3v) is 6.15. The third kappa shape index (κ3) is 1.52. The van der Waals surface area contributed by atoms with Crippen LogP contribution in [-0.2, 0) is 14.8 Å². The number of ether oxygens (including phenoxy) is 1. The number of sulfonamides is 1. The predicted molar refractivity (Wildman–Crippen MR) is 55.8 cm³/mol. The average Bonchev–Trinajstić information content (AvgIpc) is 2.71. The summed E-state index contributed by atoms with van der Waals surface area (Å²) in [5.41, 5.74) is 0. The van der Waals surface area contributed by atoms with Gasteiger partial charge in [0.25, 0.3) is 0 Å². The fourth-order valence-corrected chi connectivity index (χ4v) is 5.17. The van der Waals surface area contributed by atoms with Crippen molar-refractivity contribution < 1.29 is 13.2 Å². The fourth-order valence-electron chi connectivity index (χ4n) is 2.88. The monoisotopic (exact) mass is 231 g/mol. The van der Waals surface area contributed by atoms with Gasteiger partial charge in [0.15, 0.2) is 0 Å². The lowest BCUT2D eigenvalue weighted by Gasteiger charge is -2.11. The lowest BCUT2D eigenvalue weighted by molar-refractivity contribution is 0.0786. The van der Waals surface area contributed by atoms with Crippen LogP contribution in [0.5, 0.6) is 0 Å². The van der Waals surface area contributed by atoms with Gasteiger partial charge in [0.1, 0.15) is 6.23 Å². The van der Waals surface area contributed by atoms with Crippen molar-refractivity contribution in [1.29, 1.82) is 0 Å². The van der Waals surface area contributed by atoms with Crippen molar-refractivity contribution in [2.45, 2.75) is 56.0 Å². The van der Waals surface area contributed by atoms with Gasteiger partial charge in [0.2, 0.25) is 10.0 Å². The Bertz CT molecular complexity index is 336. The standard InChI is InChI=1S/C10H17NO3S/c12-15(13,8-4-1-2-5-8)11-9-6-3-7-14-10(9)11/h8-10H,1-7H2/t9-,10-,11?/m1/s1. The molecule has 1 aliphatic carbocycles. The van der Waals surface area contributed by atoms with E-state index in [1.54, 1.807) is 4.31 Å². The summed E-state index contributed by atoms with van der Waals surface area (Å²) in [4.78, 5) is 0.